The van der Waals surface area contributed by atoms with Crippen molar-refractivity contribution in [1.29, 1.82) is 0 Å². The average molecular weight is 651 g/mol. The summed E-state index contributed by atoms with van der Waals surface area (Å²) in [6.45, 7) is 5.58. The van der Waals surface area contributed by atoms with Crippen LogP contribution >= 0.6 is 0 Å². The molecule has 248 valence electrons. The standard InChI is InChI=1S/C39H38O9/c1-20(2)4-10-27-31(42)13-12-28(38(27)47)39(48)36-29(26-11-9-25(41)19-33(26)44)14-21(3)15-30(36)37-34(45)16-22(17-35(37)46)5-6-23-7-8-24(40)18-32(23)43/h4-9,11-13,15-19,29-30,36,40-47H,10,14H2,1-3H3/b6-5+/t29-,30+,36-/m0/s1. The quantitative estimate of drug-likeness (QED) is 0.0538. The van der Waals surface area contributed by atoms with E-state index >= 15 is 0 Å². The van der Waals surface area contributed by atoms with Crippen LogP contribution < -0.4 is 0 Å². The molecule has 0 fully saturated rings. The van der Waals surface area contributed by atoms with Crippen molar-refractivity contribution < 1.29 is 45.6 Å². The number of ketones is 1. The van der Waals surface area contributed by atoms with Crippen molar-refractivity contribution in [3.05, 3.63) is 117 Å². The Kier molecular flexibility index (Phi) is 9.43. The molecule has 0 amide bonds. The van der Waals surface area contributed by atoms with E-state index in [1.807, 2.05) is 26.8 Å². The lowest BCUT2D eigenvalue weighted by Crippen LogP contribution is -2.31. The Labute approximate surface area is 278 Å². The van der Waals surface area contributed by atoms with Crippen molar-refractivity contribution in [2.75, 3.05) is 0 Å². The number of hydrogen-bond donors (Lipinski definition) is 8. The van der Waals surface area contributed by atoms with E-state index in [-0.39, 0.29) is 69.1 Å². The topological polar surface area (TPSA) is 179 Å². The van der Waals surface area contributed by atoms with Crippen molar-refractivity contribution in [3.8, 4) is 46.0 Å². The summed E-state index contributed by atoms with van der Waals surface area (Å²) in [7, 11) is 0. The fraction of sp³-hybridized carbons (Fsp3) is 0.205. The summed E-state index contributed by atoms with van der Waals surface area (Å²) in [6.07, 6.45) is 7.17. The van der Waals surface area contributed by atoms with Gasteiger partial charge in [-0.2, -0.15) is 0 Å². The second kappa shape index (κ2) is 13.5. The van der Waals surface area contributed by atoms with Gasteiger partial charge in [0.25, 0.3) is 0 Å². The molecule has 4 aromatic rings. The monoisotopic (exact) mass is 650 g/mol. The van der Waals surface area contributed by atoms with Gasteiger partial charge in [-0.3, -0.25) is 4.79 Å². The van der Waals surface area contributed by atoms with E-state index in [4.69, 9.17) is 0 Å². The number of phenols is 8. The van der Waals surface area contributed by atoms with Gasteiger partial charge in [-0.1, -0.05) is 41.5 Å². The second-order valence-corrected chi connectivity index (χ2v) is 12.5. The van der Waals surface area contributed by atoms with Crippen LogP contribution in [0.1, 0.15) is 77.2 Å². The molecule has 0 spiro atoms. The number of rotatable bonds is 8. The number of hydrogen-bond acceptors (Lipinski definition) is 9. The van der Waals surface area contributed by atoms with Crippen LogP contribution in [-0.4, -0.2) is 46.6 Å². The predicted molar refractivity (Wildman–Crippen MR) is 183 cm³/mol. The maximum absolute atomic E-state index is 14.6. The van der Waals surface area contributed by atoms with Gasteiger partial charge in [-0.05, 0) is 87.2 Å². The van der Waals surface area contributed by atoms with Gasteiger partial charge in [0.05, 0.1) is 5.56 Å². The zero-order valence-electron chi connectivity index (χ0n) is 26.7. The zero-order chi connectivity index (χ0) is 34.9. The van der Waals surface area contributed by atoms with Gasteiger partial charge < -0.3 is 40.9 Å². The molecule has 9 nitrogen and oxygen atoms in total. The molecule has 0 radical (unpaired) electrons. The lowest BCUT2D eigenvalue weighted by molar-refractivity contribution is 0.0876. The van der Waals surface area contributed by atoms with Gasteiger partial charge in [-0.15, -0.1) is 0 Å². The van der Waals surface area contributed by atoms with Crippen molar-refractivity contribution in [2.24, 2.45) is 5.92 Å². The van der Waals surface area contributed by atoms with Gasteiger partial charge >= 0.3 is 0 Å². The Morgan fingerprint density at radius 1 is 0.750 bits per heavy atom. The maximum atomic E-state index is 14.6. The van der Waals surface area contributed by atoms with Crippen molar-refractivity contribution in [2.45, 2.75) is 45.4 Å². The van der Waals surface area contributed by atoms with E-state index in [2.05, 4.69) is 0 Å². The number of carbonyl (C=O) groups excluding carboxylic acids is 1. The highest BCUT2D eigenvalue weighted by Crippen LogP contribution is 2.53. The lowest BCUT2D eigenvalue weighted by atomic mass is 9.65. The van der Waals surface area contributed by atoms with Crippen molar-refractivity contribution in [3.63, 3.8) is 0 Å². The van der Waals surface area contributed by atoms with Crippen molar-refractivity contribution in [1.82, 2.24) is 0 Å². The third kappa shape index (κ3) is 6.80. The first kappa shape index (κ1) is 33.5. The van der Waals surface area contributed by atoms with E-state index in [9.17, 15) is 45.6 Å². The highest BCUT2D eigenvalue weighted by Gasteiger charge is 2.43. The van der Waals surface area contributed by atoms with Gasteiger partial charge in [0, 0.05) is 46.6 Å². The molecule has 9 heteroatoms. The lowest BCUT2D eigenvalue weighted by Gasteiger charge is -2.37. The van der Waals surface area contributed by atoms with Crippen LogP contribution in [0.4, 0.5) is 0 Å². The molecule has 0 saturated heterocycles. The molecule has 48 heavy (non-hydrogen) atoms. The molecule has 0 aliphatic heterocycles. The first-order valence-corrected chi connectivity index (χ1v) is 15.4. The fourth-order valence-electron chi connectivity index (χ4n) is 6.41. The minimum absolute atomic E-state index is 0.0586. The van der Waals surface area contributed by atoms with Crippen LogP contribution in [0, 0.1) is 5.92 Å². The highest BCUT2D eigenvalue weighted by atomic mass is 16.3. The summed E-state index contributed by atoms with van der Waals surface area (Å²) in [6, 6.07) is 13.7. The minimum atomic E-state index is -1.07. The summed E-state index contributed by atoms with van der Waals surface area (Å²) in [5, 5.41) is 85.3. The summed E-state index contributed by atoms with van der Waals surface area (Å²) in [5.41, 5.74) is 3.06. The molecule has 0 bridgehead atoms. The maximum Gasteiger partial charge on any atom is 0.171 e. The molecule has 0 unspecified atom stereocenters. The van der Waals surface area contributed by atoms with E-state index < -0.39 is 23.5 Å². The molecule has 0 saturated carbocycles. The Hall–Kier alpha value is -5.83. The predicted octanol–water partition coefficient (Wildman–Crippen LogP) is 7.73. The van der Waals surface area contributed by atoms with Gasteiger partial charge in [0.1, 0.15) is 46.0 Å². The molecular formula is C39H38O9. The van der Waals surface area contributed by atoms with Crippen LogP contribution in [-0.2, 0) is 6.42 Å². The molecule has 8 N–H and O–H groups in total. The Morgan fingerprint density at radius 3 is 2.02 bits per heavy atom. The van der Waals surface area contributed by atoms with Crippen LogP contribution in [0.25, 0.3) is 12.2 Å². The molecule has 5 rings (SSSR count). The molecule has 3 atom stereocenters. The van der Waals surface area contributed by atoms with E-state index in [1.54, 1.807) is 18.2 Å². The van der Waals surface area contributed by atoms with Crippen LogP contribution in [0.15, 0.2) is 84.0 Å². The van der Waals surface area contributed by atoms with Crippen LogP contribution in [0.3, 0.4) is 0 Å². The second-order valence-electron chi connectivity index (χ2n) is 12.5. The van der Waals surface area contributed by atoms with Gasteiger partial charge in [0.2, 0.25) is 0 Å². The molecule has 1 aliphatic carbocycles. The van der Waals surface area contributed by atoms with E-state index in [0.717, 1.165) is 11.1 Å². The fourth-order valence-corrected chi connectivity index (χ4v) is 6.41. The van der Waals surface area contributed by atoms with Gasteiger partial charge in [-0.25, -0.2) is 0 Å². The number of phenolic OH excluding ortho intramolecular Hbond substituents is 8. The summed E-state index contributed by atoms with van der Waals surface area (Å²) >= 11 is 0. The number of carbonyl (C=O) groups is 1. The normalized spacial score (nSPS) is 17.6. The number of aromatic hydroxyl groups is 8. The molecular weight excluding hydrogens is 612 g/mol. The van der Waals surface area contributed by atoms with E-state index in [0.29, 0.717) is 23.1 Å². The number of benzene rings is 4. The Morgan fingerprint density at radius 2 is 1.40 bits per heavy atom. The molecule has 0 aromatic heterocycles. The molecule has 4 aromatic carbocycles. The third-order valence-electron chi connectivity index (χ3n) is 8.74. The zero-order valence-corrected chi connectivity index (χ0v) is 26.7. The highest BCUT2D eigenvalue weighted by molar-refractivity contribution is 6.02. The summed E-state index contributed by atoms with van der Waals surface area (Å²) in [4.78, 5) is 14.6. The smallest absolute Gasteiger partial charge is 0.171 e. The number of allylic oxidation sites excluding steroid dienone is 4. The SMILES string of the molecule is CC(C)=CCc1c(O)ccc(C(=O)[C@@H]2[C@H](c3c(O)cc(/C=C/c4ccc(O)cc4O)cc3O)C=C(C)C[C@H]2c2ccc(O)cc2O)c1O. The van der Waals surface area contributed by atoms with Crippen LogP contribution in [0.2, 0.25) is 0 Å². The minimum Gasteiger partial charge on any atom is -0.508 e. The first-order valence-electron chi connectivity index (χ1n) is 15.4. The summed E-state index contributed by atoms with van der Waals surface area (Å²) < 4.78 is 0. The van der Waals surface area contributed by atoms with Gasteiger partial charge in [0.15, 0.2) is 5.78 Å². The Balaban J connectivity index is 1.65. The average Bonchev–Trinajstić information content (AvgIpc) is 2.99. The first-order chi connectivity index (χ1) is 22.7. The summed E-state index contributed by atoms with van der Waals surface area (Å²) in [5.74, 6) is -5.11. The molecule has 1 aliphatic rings. The largest absolute Gasteiger partial charge is 0.508 e. The van der Waals surface area contributed by atoms with Crippen molar-refractivity contribution >= 4 is 17.9 Å². The molecule has 0 heterocycles. The van der Waals surface area contributed by atoms with Crippen LogP contribution in [0.5, 0.6) is 46.0 Å². The van der Waals surface area contributed by atoms with E-state index in [1.165, 1.54) is 60.7 Å². The third-order valence-corrected chi connectivity index (χ3v) is 8.74. The Bertz CT molecular complexity index is 1960. The number of Topliss-reactive ketones (excluding diaryl/α,β-unsaturated/α-hetero) is 1.